The quantitative estimate of drug-likeness (QED) is 0.697. The molecule has 0 aliphatic rings. The molecule has 7 nitrogen and oxygen atoms in total. The number of halogens is 1. The van der Waals surface area contributed by atoms with Crippen LogP contribution in [0.1, 0.15) is 10.4 Å². The molecule has 0 atom stereocenters. The van der Waals surface area contributed by atoms with Crippen molar-refractivity contribution in [2.24, 2.45) is 0 Å². The fourth-order valence-electron chi connectivity index (χ4n) is 2.12. The highest BCUT2D eigenvalue weighted by Gasteiger charge is 2.14. The van der Waals surface area contributed by atoms with Gasteiger partial charge in [-0.25, -0.2) is 0 Å². The zero-order chi connectivity index (χ0) is 17.8. The van der Waals surface area contributed by atoms with Crippen molar-refractivity contribution in [2.45, 2.75) is 0 Å². The van der Waals surface area contributed by atoms with Crippen LogP contribution in [-0.2, 0) is 0 Å². The Labute approximate surface area is 152 Å². The predicted molar refractivity (Wildman–Crippen MR) is 94.9 cm³/mol. The van der Waals surface area contributed by atoms with Crippen LogP contribution >= 0.6 is 15.9 Å². The van der Waals surface area contributed by atoms with Crippen LogP contribution < -0.4 is 14.8 Å². The molecule has 3 aromatic rings. The molecule has 25 heavy (non-hydrogen) atoms. The minimum atomic E-state index is -0.347. The molecule has 8 heteroatoms. The second-order valence-electron chi connectivity index (χ2n) is 4.98. The van der Waals surface area contributed by atoms with E-state index in [1.54, 1.807) is 50.6 Å². The minimum absolute atomic E-state index is 0.00163. The number of amides is 1. The smallest absolute Gasteiger partial charge is 0.322 e. The van der Waals surface area contributed by atoms with Crippen molar-refractivity contribution in [1.29, 1.82) is 0 Å². The van der Waals surface area contributed by atoms with Crippen molar-refractivity contribution >= 4 is 27.9 Å². The molecule has 0 fully saturated rings. The van der Waals surface area contributed by atoms with E-state index in [9.17, 15) is 4.79 Å². The normalized spacial score (nSPS) is 10.4. The molecular weight excluding hydrogens is 390 g/mol. The summed E-state index contributed by atoms with van der Waals surface area (Å²) in [5.41, 5.74) is 1.09. The summed E-state index contributed by atoms with van der Waals surface area (Å²) in [6.45, 7) is 0. The number of hydrogen-bond donors (Lipinski definition) is 1. The van der Waals surface area contributed by atoms with Gasteiger partial charge in [-0.3, -0.25) is 10.1 Å². The van der Waals surface area contributed by atoms with E-state index in [2.05, 4.69) is 31.4 Å². The van der Waals surface area contributed by atoms with Gasteiger partial charge >= 0.3 is 6.01 Å². The summed E-state index contributed by atoms with van der Waals surface area (Å²) in [4.78, 5) is 12.2. The molecule has 0 spiro atoms. The number of benzene rings is 2. The van der Waals surface area contributed by atoms with Gasteiger partial charge in [0.2, 0.25) is 5.89 Å². The highest BCUT2D eigenvalue weighted by Crippen LogP contribution is 2.29. The number of anilines is 1. The van der Waals surface area contributed by atoms with E-state index >= 15 is 0 Å². The first-order chi connectivity index (χ1) is 12.1. The van der Waals surface area contributed by atoms with Gasteiger partial charge in [-0.2, -0.15) is 0 Å². The van der Waals surface area contributed by atoms with Crippen LogP contribution in [0.2, 0.25) is 0 Å². The molecule has 1 aromatic heterocycles. The zero-order valence-electron chi connectivity index (χ0n) is 13.4. The summed E-state index contributed by atoms with van der Waals surface area (Å²) < 4.78 is 16.7. The molecule has 0 unspecified atom stereocenters. The largest absolute Gasteiger partial charge is 0.497 e. The van der Waals surface area contributed by atoms with Crippen molar-refractivity contribution in [3.8, 4) is 23.0 Å². The van der Waals surface area contributed by atoms with E-state index in [1.807, 2.05) is 6.07 Å². The van der Waals surface area contributed by atoms with Gasteiger partial charge in [-0.15, -0.1) is 5.10 Å². The van der Waals surface area contributed by atoms with Crippen molar-refractivity contribution in [3.05, 3.63) is 52.5 Å². The van der Waals surface area contributed by atoms with Crippen LogP contribution in [-0.4, -0.2) is 30.3 Å². The number of rotatable bonds is 5. The second kappa shape index (κ2) is 7.35. The number of hydrogen-bond acceptors (Lipinski definition) is 6. The number of aromatic nitrogens is 2. The van der Waals surface area contributed by atoms with Crippen LogP contribution in [0.25, 0.3) is 11.5 Å². The zero-order valence-corrected chi connectivity index (χ0v) is 15.0. The lowest BCUT2D eigenvalue weighted by atomic mass is 10.2. The highest BCUT2D eigenvalue weighted by atomic mass is 79.9. The van der Waals surface area contributed by atoms with Gasteiger partial charge in [0.05, 0.1) is 14.2 Å². The van der Waals surface area contributed by atoms with E-state index in [0.29, 0.717) is 22.6 Å². The fraction of sp³-hybridized carbons (Fsp3) is 0.118. The molecule has 0 bridgehead atoms. The first-order valence-electron chi connectivity index (χ1n) is 7.23. The van der Waals surface area contributed by atoms with Crippen LogP contribution in [0, 0.1) is 0 Å². The fourth-order valence-corrected chi connectivity index (χ4v) is 2.52. The molecule has 2 aromatic carbocycles. The van der Waals surface area contributed by atoms with Crippen LogP contribution in [0.15, 0.2) is 51.4 Å². The molecule has 0 saturated carbocycles. The predicted octanol–water partition coefficient (Wildman–Crippen LogP) is 3.77. The van der Waals surface area contributed by atoms with Gasteiger partial charge in [-0.1, -0.05) is 27.1 Å². The maximum Gasteiger partial charge on any atom is 0.322 e. The Morgan fingerprint density at radius 1 is 1.08 bits per heavy atom. The molecule has 0 aliphatic heterocycles. The Morgan fingerprint density at radius 3 is 2.44 bits per heavy atom. The summed E-state index contributed by atoms with van der Waals surface area (Å²) in [5.74, 6) is 1.07. The number of nitrogens with zero attached hydrogens (tertiary/aromatic N) is 2. The van der Waals surface area contributed by atoms with Crippen LogP contribution in [0.4, 0.5) is 6.01 Å². The van der Waals surface area contributed by atoms with E-state index in [0.717, 1.165) is 4.47 Å². The summed E-state index contributed by atoms with van der Waals surface area (Å²) in [6, 6.07) is 12.2. The van der Waals surface area contributed by atoms with Gasteiger partial charge < -0.3 is 13.9 Å². The van der Waals surface area contributed by atoms with E-state index in [4.69, 9.17) is 13.9 Å². The van der Waals surface area contributed by atoms with E-state index < -0.39 is 0 Å². The third-order valence-electron chi connectivity index (χ3n) is 3.33. The van der Waals surface area contributed by atoms with Crippen LogP contribution in [0.5, 0.6) is 11.5 Å². The molecular formula is C17H14BrN3O4. The molecule has 1 amide bonds. The topological polar surface area (TPSA) is 86.5 Å². The monoisotopic (exact) mass is 403 g/mol. The van der Waals surface area contributed by atoms with Gasteiger partial charge in [0.25, 0.3) is 5.91 Å². The molecule has 1 N–H and O–H groups in total. The van der Waals surface area contributed by atoms with Crippen molar-refractivity contribution in [2.75, 3.05) is 19.5 Å². The summed E-state index contributed by atoms with van der Waals surface area (Å²) >= 11 is 3.32. The average molecular weight is 404 g/mol. The Hall–Kier alpha value is -2.87. The third kappa shape index (κ3) is 3.97. The summed E-state index contributed by atoms with van der Waals surface area (Å²) in [7, 11) is 3.10. The third-order valence-corrected chi connectivity index (χ3v) is 3.82. The maximum atomic E-state index is 12.2. The standard InChI is InChI=1S/C17H14BrN3O4/c1-23-13-7-11(8-14(9-13)24-2)16-20-21-17(25-16)19-15(22)10-4-3-5-12(18)6-10/h3-9H,1-2H3,(H,19,21,22). The SMILES string of the molecule is COc1cc(OC)cc(-c2nnc(NC(=O)c3cccc(Br)c3)o2)c1. The van der Waals surface area contributed by atoms with Crippen molar-refractivity contribution in [1.82, 2.24) is 10.2 Å². The Balaban J connectivity index is 1.82. The van der Waals surface area contributed by atoms with E-state index in [1.165, 1.54) is 0 Å². The lowest BCUT2D eigenvalue weighted by Gasteiger charge is -2.05. The molecule has 1 heterocycles. The Kier molecular flexibility index (Phi) is 4.99. The number of carbonyl (C=O) groups is 1. The molecule has 3 rings (SSSR count). The van der Waals surface area contributed by atoms with Crippen molar-refractivity contribution < 1.29 is 18.7 Å². The van der Waals surface area contributed by atoms with Gasteiger partial charge in [0.15, 0.2) is 0 Å². The summed E-state index contributed by atoms with van der Waals surface area (Å²) in [5, 5.41) is 10.4. The van der Waals surface area contributed by atoms with Crippen molar-refractivity contribution in [3.63, 3.8) is 0 Å². The first-order valence-corrected chi connectivity index (χ1v) is 8.02. The van der Waals surface area contributed by atoms with Crippen LogP contribution in [0.3, 0.4) is 0 Å². The van der Waals surface area contributed by atoms with Gasteiger partial charge in [-0.05, 0) is 30.3 Å². The Bertz CT molecular complexity index is 888. The molecule has 128 valence electrons. The number of ether oxygens (including phenoxy) is 2. The average Bonchev–Trinajstić information content (AvgIpc) is 3.09. The minimum Gasteiger partial charge on any atom is -0.497 e. The van der Waals surface area contributed by atoms with E-state index in [-0.39, 0.29) is 17.8 Å². The first kappa shape index (κ1) is 17.0. The Morgan fingerprint density at radius 2 is 1.80 bits per heavy atom. The maximum absolute atomic E-state index is 12.2. The molecule has 0 aliphatic carbocycles. The highest BCUT2D eigenvalue weighted by molar-refractivity contribution is 9.10. The number of nitrogens with one attached hydrogen (secondary N) is 1. The van der Waals surface area contributed by atoms with Gasteiger partial charge in [0, 0.05) is 21.7 Å². The molecule has 0 radical (unpaired) electrons. The number of carbonyl (C=O) groups excluding carboxylic acids is 1. The lowest BCUT2D eigenvalue weighted by Crippen LogP contribution is -2.11. The molecule has 0 saturated heterocycles. The number of methoxy groups -OCH3 is 2. The summed E-state index contributed by atoms with van der Waals surface area (Å²) in [6.07, 6.45) is 0. The van der Waals surface area contributed by atoms with Gasteiger partial charge in [0.1, 0.15) is 11.5 Å². The second-order valence-corrected chi connectivity index (χ2v) is 5.89. The lowest BCUT2D eigenvalue weighted by molar-refractivity contribution is 0.102.